The fourth-order valence-electron chi connectivity index (χ4n) is 3.57. The molecule has 0 aliphatic carbocycles. The number of pyridine rings is 1. The Balaban J connectivity index is 0.000000345. The van der Waals surface area contributed by atoms with Crippen molar-refractivity contribution in [3.05, 3.63) is 30.1 Å². The van der Waals surface area contributed by atoms with Gasteiger partial charge >= 0.3 is 12.1 Å². The number of likely N-dealkylation sites (tertiary alicyclic amines) is 2. The van der Waals surface area contributed by atoms with Gasteiger partial charge < -0.3 is 14.9 Å². The van der Waals surface area contributed by atoms with E-state index >= 15 is 0 Å². The Labute approximate surface area is 160 Å². The Bertz CT molecular complexity index is 727. The SMILES string of the molecule is CCN1CC2(CCCCN2C(=O)c2ccccn2)CC1=O.O=C(O)C(F)(F)F. The van der Waals surface area contributed by atoms with Gasteiger partial charge in [-0.25, -0.2) is 4.79 Å². The summed E-state index contributed by atoms with van der Waals surface area (Å²) in [4.78, 5) is 41.8. The molecule has 1 atom stereocenters. The van der Waals surface area contributed by atoms with Crippen molar-refractivity contribution in [3.8, 4) is 0 Å². The van der Waals surface area contributed by atoms with E-state index in [1.807, 2.05) is 22.8 Å². The van der Waals surface area contributed by atoms with Crippen LogP contribution < -0.4 is 0 Å². The largest absolute Gasteiger partial charge is 0.490 e. The predicted molar refractivity (Wildman–Crippen MR) is 92.4 cm³/mol. The Morgan fingerprint density at radius 3 is 2.46 bits per heavy atom. The number of nitrogens with zero attached hydrogens (tertiary/aromatic N) is 3. The first-order valence-electron chi connectivity index (χ1n) is 8.91. The smallest absolute Gasteiger partial charge is 0.475 e. The van der Waals surface area contributed by atoms with Gasteiger partial charge in [-0.15, -0.1) is 0 Å². The molecule has 2 fully saturated rings. The maximum Gasteiger partial charge on any atom is 0.490 e. The van der Waals surface area contributed by atoms with Crippen LogP contribution in [0, 0.1) is 0 Å². The van der Waals surface area contributed by atoms with Crippen LogP contribution >= 0.6 is 0 Å². The van der Waals surface area contributed by atoms with Gasteiger partial charge in [-0.05, 0) is 38.3 Å². The number of carboxylic acid groups (broad SMARTS) is 1. The number of likely N-dealkylation sites (N-methyl/N-ethyl adjacent to an activating group) is 1. The van der Waals surface area contributed by atoms with E-state index in [9.17, 15) is 22.8 Å². The van der Waals surface area contributed by atoms with Gasteiger partial charge in [0.2, 0.25) is 5.91 Å². The lowest BCUT2D eigenvalue weighted by Crippen LogP contribution is -2.56. The molecule has 0 saturated carbocycles. The van der Waals surface area contributed by atoms with E-state index in [0.717, 1.165) is 25.8 Å². The molecule has 154 valence electrons. The number of hydrogen-bond donors (Lipinski definition) is 1. The van der Waals surface area contributed by atoms with Crippen molar-refractivity contribution in [2.75, 3.05) is 19.6 Å². The third-order valence-corrected chi connectivity index (χ3v) is 4.92. The number of carboxylic acids is 1. The van der Waals surface area contributed by atoms with Crippen LogP contribution in [0.2, 0.25) is 0 Å². The third kappa shape index (κ3) is 4.79. The van der Waals surface area contributed by atoms with Crippen LogP contribution in [0.4, 0.5) is 13.2 Å². The summed E-state index contributed by atoms with van der Waals surface area (Å²) in [6.45, 7) is 4.10. The molecule has 2 aliphatic heterocycles. The van der Waals surface area contributed by atoms with Crippen molar-refractivity contribution in [2.24, 2.45) is 0 Å². The van der Waals surface area contributed by atoms with Crippen molar-refractivity contribution in [1.29, 1.82) is 0 Å². The number of aliphatic carboxylic acids is 1. The zero-order valence-electron chi connectivity index (χ0n) is 15.4. The van der Waals surface area contributed by atoms with E-state index < -0.39 is 12.1 Å². The van der Waals surface area contributed by atoms with Crippen molar-refractivity contribution >= 4 is 17.8 Å². The second kappa shape index (κ2) is 8.57. The summed E-state index contributed by atoms with van der Waals surface area (Å²) >= 11 is 0. The molecule has 2 saturated heterocycles. The molecule has 1 N–H and O–H groups in total. The maximum absolute atomic E-state index is 12.8. The number of piperidine rings is 1. The van der Waals surface area contributed by atoms with Crippen LogP contribution in [0.3, 0.4) is 0 Å². The molecular weight excluding hydrogens is 379 g/mol. The first-order valence-corrected chi connectivity index (χ1v) is 8.91. The molecule has 0 bridgehead atoms. The summed E-state index contributed by atoms with van der Waals surface area (Å²) in [5.74, 6) is -2.63. The monoisotopic (exact) mass is 401 g/mol. The van der Waals surface area contributed by atoms with E-state index in [2.05, 4.69) is 4.98 Å². The topological polar surface area (TPSA) is 90.8 Å². The van der Waals surface area contributed by atoms with Gasteiger partial charge in [-0.2, -0.15) is 13.2 Å². The first kappa shape index (κ1) is 21.6. The van der Waals surface area contributed by atoms with Crippen molar-refractivity contribution in [2.45, 2.75) is 44.3 Å². The maximum atomic E-state index is 12.8. The van der Waals surface area contributed by atoms with E-state index in [4.69, 9.17) is 9.90 Å². The highest BCUT2D eigenvalue weighted by Gasteiger charge is 2.49. The lowest BCUT2D eigenvalue weighted by molar-refractivity contribution is -0.192. The van der Waals surface area contributed by atoms with Crippen LogP contribution in [-0.4, -0.2) is 69.0 Å². The van der Waals surface area contributed by atoms with Crippen molar-refractivity contribution in [3.63, 3.8) is 0 Å². The number of amides is 2. The quantitative estimate of drug-likeness (QED) is 0.822. The Kier molecular flexibility index (Phi) is 6.63. The Morgan fingerprint density at radius 2 is 1.96 bits per heavy atom. The van der Waals surface area contributed by atoms with Gasteiger partial charge in [0.1, 0.15) is 5.69 Å². The molecule has 1 unspecified atom stereocenters. The minimum atomic E-state index is -5.08. The van der Waals surface area contributed by atoms with Gasteiger partial charge in [0.15, 0.2) is 0 Å². The molecule has 3 rings (SSSR count). The molecule has 1 aromatic rings. The van der Waals surface area contributed by atoms with E-state index in [1.54, 1.807) is 18.3 Å². The number of carbonyl (C=O) groups excluding carboxylic acids is 2. The Morgan fingerprint density at radius 1 is 1.29 bits per heavy atom. The lowest BCUT2D eigenvalue weighted by atomic mass is 9.85. The second-order valence-electron chi connectivity index (χ2n) is 6.74. The third-order valence-electron chi connectivity index (χ3n) is 4.92. The molecule has 10 heteroatoms. The van der Waals surface area contributed by atoms with Gasteiger partial charge in [-0.3, -0.25) is 14.6 Å². The normalized spacial score (nSPS) is 22.1. The zero-order chi connectivity index (χ0) is 20.9. The number of aromatic nitrogens is 1. The number of halogens is 3. The summed E-state index contributed by atoms with van der Waals surface area (Å²) < 4.78 is 31.7. The van der Waals surface area contributed by atoms with Crippen LogP contribution in [0.5, 0.6) is 0 Å². The number of carbonyl (C=O) groups is 3. The number of rotatable bonds is 2. The Hall–Kier alpha value is -2.65. The molecule has 3 heterocycles. The van der Waals surface area contributed by atoms with Gasteiger partial charge in [0.25, 0.3) is 5.91 Å². The summed E-state index contributed by atoms with van der Waals surface area (Å²) in [7, 11) is 0. The molecule has 0 radical (unpaired) electrons. The second-order valence-corrected chi connectivity index (χ2v) is 6.74. The minimum Gasteiger partial charge on any atom is -0.475 e. The van der Waals surface area contributed by atoms with Crippen LogP contribution in [-0.2, 0) is 9.59 Å². The van der Waals surface area contributed by atoms with Crippen LogP contribution in [0.25, 0.3) is 0 Å². The molecule has 1 spiro atoms. The molecule has 2 aliphatic rings. The van der Waals surface area contributed by atoms with E-state index in [0.29, 0.717) is 25.2 Å². The number of hydrogen-bond acceptors (Lipinski definition) is 4. The highest BCUT2D eigenvalue weighted by molar-refractivity contribution is 5.94. The van der Waals surface area contributed by atoms with Crippen molar-refractivity contribution < 1.29 is 32.7 Å². The first-order chi connectivity index (χ1) is 13.1. The van der Waals surface area contributed by atoms with Gasteiger partial charge in [0.05, 0.1) is 12.0 Å². The molecule has 2 amide bonds. The molecule has 7 nitrogen and oxygen atoms in total. The summed E-state index contributed by atoms with van der Waals surface area (Å²) in [6.07, 6.45) is 0.00665. The molecule has 28 heavy (non-hydrogen) atoms. The van der Waals surface area contributed by atoms with Crippen LogP contribution in [0.15, 0.2) is 24.4 Å². The van der Waals surface area contributed by atoms with E-state index in [1.165, 1.54) is 0 Å². The fraction of sp³-hybridized carbons (Fsp3) is 0.556. The molecular formula is C18H22F3N3O4. The molecule has 0 aromatic carbocycles. The zero-order valence-corrected chi connectivity index (χ0v) is 15.4. The highest BCUT2D eigenvalue weighted by atomic mass is 19.4. The van der Waals surface area contributed by atoms with Crippen LogP contribution in [0.1, 0.15) is 43.1 Å². The summed E-state index contributed by atoms with van der Waals surface area (Å²) in [6, 6.07) is 5.38. The average Bonchev–Trinajstić information content (AvgIpc) is 2.97. The highest BCUT2D eigenvalue weighted by Crippen LogP contribution is 2.37. The molecule has 1 aromatic heterocycles. The van der Waals surface area contributed by atoms with Gasteiger partial charge in [0, 0.05) is 25.8 Å². The average molecular weight is 401 g/mol. The summed E-state index contributed by atoms with van der Waals surface area (Å²) in [5.41, 5.74) is 0.154. The lowest BCUT2D eigenvalue weighted by Gasteiger charge is -2.44. The fourth-order valence-corrected chi connectivity index (χ4v) is 3.57. The number of alkyl halides is 3. The van der Waals surface area contributed by atoms with Crippen molar-refractivity contribution in [1.82, 2.24) is 14.8 Å². The predicted octanol–water partition coefficient (Wildman–Crippen LogP) is 2.33. The standard InChI is InChI=1S/C16H21N3O2.C2HF3O2/c1-2-18-12-16(11-14(18)20)8-4-6-10-19(16)15(21)13-7-3-5-9-17-13;3-2(4,5)1(6)7/h3,5,7,9H,2,4,6,8,10-12H2,1H3;(H,6,7). The summed E-state index contributed by atoms with van der Waals surface area (Å²) in [5, 5.41) is 7.12. The minimum absolute atomic E-state index is 0.0407. The van der Waals surface area contributed by atoms with E-state index in [-0.39, 0.29) is 17.4 Å². The van der Waals surface area contributed by atoms with Gasteiger partial charge in [-0.1, -0.05) is 6.07 Å².